The number of hydrogen-bond donors (Lipinski definition) is 2. The summed E-state index contributed by atoms with van der Waals surface area (Å²) in [5.74, 6) is -1.10. The lowest BCUT2D eigenvalue weighted by Gasteiger charge is -2.31. The van der Waals surface area contributed by atoms with Gasteiger partial charge in [-0.2, -0.15) is 0 Å². The fourth-order valence-electron chi connectivity index (χ4n) is 3.39. The van der Waals surface area contributed by atoms with E-state index < -0.39 is 18.3 Å². The second-order valence-electron chi connectivity index (χ2n) is 6.80. The van der Waals surface area contributed by atoms with Crippen LogP contribution in [0.3, 0.4) is 0 Å². The largest absolute Gasteiger partial charge is 0.573 e. The van der Waals surface area contributed by atoms with Gasteiger partial charge in [0.2, 0.25) is 5.91 Å². The summed E-state index contributed by atoms with van der Waals surface area (Å²) in [5.41, 5.74) is 0.805. The molecule has 154 valence electrons. The normalized spacial score (nSPS) is 23.2. The zero-order valence-corrected chi connectivity index (χ0v) is 15.1. The van der Waals surface area contributed by atoms with Crippen LogP contribution in [-0.2, 0) is 9.53 Å². The fraction of sp³-hybridized carbons (Fsp3) is 0.556. The summed E-state index contributed by atoms with van der Waals surface area (Å²) in [4.78, 5) is 26.2. The summed E-state index contributed by atoms with van der Waals surface area (Å²) in [6.07, 6.45) is -4.24. The molecule has 0 radical (unpaired) electrons. The molecule has 1 aromatic carbocycles. The van der Waals surface area contributed by atoms with Gasteiger partial charge in [-0.1, -0.05) is 12.1 Å². The average molecular weight is 401 g/mol. The van der Waals surface area contributed by atoms with Gasteiger partial charge in [0.15, 0.2) is 0 Å². The van der Waals surface area contributed by atoms with Gasteiger partial charge >= 0.3 is 12.4 Å². The number of nitrogens with zero attached hydrogens (tertiary/aromatic N) is 1. The highest BCUT2D eigenvalue weighted by atomic mass is 19.4. The smallest absolute Gasteiger partial charge is 0.406 e. The van der Waals surface area contributed by atoms with Gasteiger partial charge in [-0.3, -0.25) is 10.1 Å². The van der Waals surface area contributed by atoms with Crippen molar-refractivity contribution < 1.29 is 32.2 Å². The van der Waals surface area contributed by atoms with E-state index in [0.717, 1.165) is 5.56 Å². The van der Waals surface area contributed by atoms with Crippen molar-refractivity contribution in [2.45, 2.75) is 18.7 Å². The van der Waals surface area contributed by atoms with Crippen molar-refractivity contribution in [3.8, 4) is 5.75 Å². The first-order valence-electron chi connectivity index (χ1n) is 9.06. The molecule has 0 aromatic heterocycles. The molecule has 2 aliphatic heterocycles. The molecule has 0 aliphatic carbocycles. The third-order valence-corrected chi connectivity index (χ3v) is 4.83. The molecule has 3 rings (SSSR count). The van der Waals surface area contributed by atoms with Crippen molar-refractivity contribution >= 4 is 11.9 Å². The summed E-state index contributed by atoms with van der Waals surface area (Å²) in [5, 5.41) is 5.59. The van der Waals surface area contributed by atoms with E-state index in [1.807, 2.05) is 0 Å². The number of benzene rings is 1. The molecular weight excluding hydrogens is 379 g/mol. The predicted molar refractivity (Wildman–Crippen MR) is 92.8 cm³/mol. The van der Waals surface area contributed by atoms with E-state index in [4.69, 9.17) is 4.74 Å². The van der Waals surface area contributed by atoms with Crippen LogP contribution in [0.4, 0.5) is 18.0 Å². The Bertz CT molecular complexity index is 690. The van der Waals surface area contributed by atoms with Gasteiger partial charge in [0.05, 0.1) is 19.1 Å². The lowest BCUT2D eigenvalue weighted by atomic mass is 9.85. The fourth-order valence-corrected chi connectivity index (χ4v) is 3.39. The number of piperidine rings is 1. The maximum Gasteiger partial charge on any atom is 0.573 e. The SMILES string of the molecule is O=C(NC(=O)N1CCOCC1)C1CNCC(c2ccc(OC(F)(F)F)cc2)C1. The monoisotopic (exact) mass is 401 g/mol. The van der Waals surface area contributed by atoms with Crippen molar-refractivity contribution in [1.29, 1.82) is 0 Å². The minimum absolute atomic E-state index is 0.0528. The second-order valence-corrected chi connectivity index (χ2v) is 6.80. The summed E-state index contributed by atoms with van der Waals surface area (Å²) < 4.78 is 45.8. The predicted octanol–water partition coefficient (Wildman–Crippen LogP) is 1.85. The second kappa shape index (κ2) is 8.78. The Morgan fingerprint density at radius 1 is 1.14 bits per heavy atom. The number of ether oxygens (including phenoxy) is 2. The third kappa shape index (κ3) is 5.59. The lowest BCUT2D eigenvalue weighted by molar-refractivity contribution is -0.274. The van der Waals surface area contributed by atoms with Gasteiger partial charge in [0, 0.05) is 26.2 Å². The maximum atomic E-state index is 12.5. The van der Waals surface area contributed by atoms with E-state index in [1.54, 1.807) is 12.1 Å². The number of morpholine rings is 1. The number of carbonyl (C=O) groups excluding carboxylic acids is 2. The molecule has 28 heavy (non-hydrogen) atoms. The molecule has 1 aromatic rings. The quantitative estimate of drug-likeness (QED) is 0.808. The van der Waals surface area contributed by atoms with E-state index in [0.29, 0.717) is 45.8 Å². The molecule has 2 unspecified atom stereocenters. The zero-order valence-electron chi connectivity index (χ0n) is 15.1. The first kappa shape index (κ1) is 20.4. The van der Waals surface area contributed by atoms with Gasteiger partial charge < -0.3 is 19.7 Å². The summed E-state index contributed by atoms with van der Waals surface area (Å²) in [6.45, 7) is 2.81. The molecular formula is C18H22F3N3O4. The third-order valence-electron chi connectivity index (χ3n) is 4.83. The molecule has 2 heterocycles. The summed E-state index contributed by atoms with van der Waals surface area (Å²) in [6, 6.07) is 5.21. The maximum absolute atomic E-state index is 12.5. The molecule has 2 aliphatic rings. The first-order chi connectivity index (χ1) is 13.3. The summed E-state index contributed by atoms with van der Waals surface area (Å²) in [7, 11) is 0. The molecule has 2 N–H and O–H groups in total. The van der Waals surface area contributed by atoms with Crippen LogP contribution in [0.15, 0.2) is 24.3 Å². The van der Waals surface area contributed by atoms with E-state index in [-0.39, 0.29) is 17.6 Å². The Kier molecular flexibility index (Phi) is 6.40. The summed E-state index contributed by atoms with van der Waals surface area (Å²) >= 11 is 0. The van der Waals surface area contributed by atoms with E-state index in [2.05, 4.69) is 15.4 Å². The zero-order chi connectivity index (χ0) is 20.1. The van der Waals surface area contributed by atoms with Crippen LogP contribution in [0.1, 0.15) is 17.9 Å². The molecule has 10 heteroatoms. The number of amides is 3. The van der Waals surface area contributed by atoms with E-state index in [9.17, 15) is 22.8 Å². The number of rotatable bonds is 3. The van der Waals surface area contributed by atoms with E-state index in [1.165, 1.54) is 17.0 Å². The van der Waals surface area contributed by atoms with Crippen molar-refractivity contribution in [1.82, 2.24) is 15.5 Å². The van der Waals surface area contributed by atoms with Crippen LogP contribution in [0.25, 0.3) is 0 Å². The highest BCUT2D eigenvalue weighted by molar-refractivity contribution is 5.95. The van der Waals surface area contributed by atoms with Crippen LogP contribution in [0.2, 0.25) is 0 Å². The van der Waals surface area contributed by atoms with Crippen LogP contribution in [0, 0.1) is 5.92 Å². The number of alkyl halides is 3. The van der Waals surface area contributed by atoms with Gasteiger partial charge in [-0.05, 0) is 30.0 Å². The number of nitrogens with one attached hydrogen (secondary N) is 2. The van der Waals surface area contributed by atoms with Gasteiger partial charge in [0.25, 0.3) is 0 Å². The Morgan fingerprint density at radius 3 is 2.46 bits per heavy atom. The highest BCUT2D eigenvalue weighted by Crippen LogP contribution is 2.29. The standard InChI is InChI=1S/C18H22F3N3O4/c19-18(20,21)28-15-3-1-12(2-4-15)13-9-14(11-22-10-13)16(25)23-17(26)24-5-7-27-8-6-24/h1-4,13-14,22H,5-11H2,(H,23,25,26). The first-order valence-corrected chi connectivity index (χ1v) is 9.06. The van der Waals surface area contributed by atoms with Crippen molar-refractivity contribution in [3.05, 3.63) is 29.8 Å². The Labute approximate surface area is 160 Å². The number of carbonyl (C=O) groups is 2. The van der Waals surface area contributed by atoms with Crippen molar-refractivity contribution in [2.24, 2.45) is 5.92 Å². The Balaban J connectivity index is 1.55. The lowest BCUT2D eigenvalue weighted by Crippen LogP contribution is -2.51. The van der Waals surface area contributed by atoms with Gasteiger partial charge in [-0.25, -0.2) is 4.79 Å². The van der Waals surface area contributed by atoms with Crippen LogP contribution < -0.4 is 15.4 Å². The molecule has 7 nitrogen and oxygen atoms in total. The Hall–Kier alpha value is -2.33. The van der Waals surface area contributed by atoms with E-state index >= 15 is 0 Å². The van der Waals surface area contributed by atoms with Gasteiger partial charge in [-0.15, -0.1) is 13.2 Å². The minimum Gasteiger partial charge on any atom is -0.406 e. The molecule has 0 bridgehead atoms. The number of urea groups is 1. The topological polar surface area (TPSA) is 79.9 Å². The average Bonchev–Trinajstić information content (AvgIpc) is 2.68. The molecule has 3 amide bonds. The molecule has 0 spiro atoms. The van der Waals surface area contributed by atoms with Gasteiger partial charge in [0.1, 0.15) is 5.75 Å². The van der Waals surface area contributed by atoms with Crippen LogP contribution >= 0.6 is 0 Å². The molecule has 0 saturated carbocycles. The molecule has 2 fully saturated rings. The van der Waals surface area contributed by atoms with Crippen LogP contribution in [-0.4, -0.2) is 62.6 Å². The Morgan fingerprint density at radius 2 is 1.82 bits per heavy atom. The van der Waals surface area contributed by atoms with Crippen molar-refractivity contribution in [2.75, 3.05) is 39.4 Å². The molecule has 2 atom stereocenters. The number of hydrogen-bond acceptors (Lipinski definition) is 5. The highest BCUT2D eigenvalue weighted by Gasteiger charge is 2.32. The van der Waals surface area contributed by atoms with Crippen LogP contribution in [0.5, 0.6) is 5.75 Å². The number of imide groups is 1. The number of halogens is 3. The minimum atomic E-state index is -4.73. The van der Waals surface area contributed by atoms with Crippen molar-refractivity contribution in [3.63, 3.8) is 0 Å². The molecule has 2 saturated heterocycles.